The zero-order valence-corrected chi connectivity index (χ0v) is 17.6. The number of amides is 1. The van der Waals surface area contributed by atoms with Crippen molar-refractivity contribution in [3.8, 4) is 28.4 Å². The van der Waals surface area contributed by atoms with Crippen LogP contribution in [0, 0.1) is 6.92 Å². The molecular weight excluding hydrogens is 380 g/mol. The summed E-state index contributed by atoms with van der Waals surface area (Å²) in [5.74, 6) is 1.34. The quantitative estimate of drug-likeness (QED) is 0.644. The van der Waals surface area contributed by atoms with Crippen LogP contribution in [0.15, 0.2) is 54.6 Å². The molecule has 0 radical (unpaired) electrons. The van der Waals surface area contributed by atoms with E-state index in [-0.39, 0.29) is 5.91 Å². The Labute approximate surface area is 176 Å². The summed E-state index contributed by atoms with van der Waals surface area (Å²) in [4.78, 5) is 15.1. The van der Waals surface area contributed by atoms with Gasteiger partial charge in [0.1, 0.15) is 0 Å². The molecule has 30 heavy (non-hydrogen) atoms. The summed E-state index contributed by atoms with van der Waals surface area (Å²) in [7, 11) is 3.24. The van der Waals surface area contributed by atoms with Crippen molar-refractivity contribution in [3.63, 3.8) is 0 Å². The minimum atomic E-state index is 0.0345. The minimum absolute atomic E-state index is 0.0345. The zero-order chi connectivity index (χ0) is 21.1. The number of benzene rings is 2. The molecule has 2 aromatic carbocycles. The van der Waals surface area contributed by atoms with Gasteiger partial charge >= 0.3 is 0 Å². The van der Waals surface area contributed by atoms with Crippen molar-refractivity contribution in [1.82, 2.24) is 9.47 Å². The number of aromatic nitrogens is 1. The maximum Gasteiger partial charge on any atom is 0.255 e. The summed E-state index contributed by atoms with van der Waals surface area (Å²) in [6.07, 6.45) is 0. The second kappa shape index (κ2) is 8.63. The maximum absolute atomic E-state index is 13.3. The molecule has 0 atom stereocenters. The van der Waals surface area contributed by atoms with Crippen molar-refractivity contribution in [2.75, 3.05) is 40.5 Å². The molecule has 0 N–H and O–H groups in total. The number of carbonyl (C=O) groups is 1. The summed E-state index contributed by atoms with van der Waals surface area (Å²) in [6, 6.07) is 17.9. The van der Waals surface area contributed by atoms with Gasteiger partial charge in [-0.25, -0.2) is 0 Å². The van der Waals surface area contributed by atoms with Crippen molar-refractivity contribution in [2.45, 2.75) is 6.92 Å². The van der Waals surface area contributed by atoms with Crippen LogP contribution in [0.4, 0.5) is 0 Å². The Balaban J connectivity index is 1.86. The predicted octanol–water partition coefficient (Wildman–Crippen LogP) is 3.94. The average Bonchev–Trinajstić information content (AvgIpc) is 3.16. The molecule has 6 nitrogen and oxygen atoms in total. The number of carbonyl (C=O) groups excluding carboxylic acids is 1. The van der Waals surface area contributed by atoms with Gasteiger partial charge in [-0.15, -0.1) is 0 Å². The molecule has 1 fully saturated rings. The summed E-state index contributed by atoms with van der Waals surface area (Å²) >= 11 is 0. The molecule has 156 valence electrons. The average molecular weight is 406 g/mol. The highest BCUT2D eigenvalue weighted by molar-refractivity contribution is 5.97. The summed E-state index contributed by atoms with van der Waals surface area (Å²) < 4.78 is 18.4. The molecule has 1 aliphatic heterocycles. The number of methoxy groups -OCH3 is 2. The number of ether oxygens (including phenoxy) is 3. The highest BCUT2D eigenvalue weighted by atomic mass is 16.5. The van der Waals surface area contributed by atoms with Crippen LogP contribution in [-0.4, -0.2) is 55.9 Å². The fourth-order valence-corrected chi connectivity index (χ4v) is 3.88. The molecule has 1 saturated heterocycles. The first-order valence-electron chi connectivity index (χ1n) is 10.0. The van der Waals surface area contributed by atoms with E-state index < -0.39 is 0 Å². The molecule has 0 spiro atoms. The monoisotopic (exact) mass is 406 g/mol. The van der Waals surface area contributed by atoms with Crippen molar-refractivity contribution in [3.05, 3.63) is 65.9 Å². The molecule has 1 aromatic heterocycles. The molecule has 1 amide bonds. The van der Waals surface area contributed by atoms with Crippen LogP contribution >= 0.6 is 0 Å². The Kier molecular flexibility index (Phi) is 5.77. The number of nitrogens with zero attached hydrogens (tertiary/aromatic N) is 2. The lowest BCUT2D eigenvalue weighted by Gasteiger charge is -2.26. The molecular formula is C24H26N2O4. The lowest BCUT2D eigenvalue weighted by molar-refractivity contribution is 0.0302. The Morgan fingerprint density at radius 1 is 0.933 bits per heavy atom. The predicted molar refractivity (Wildman–Crippen MR) is 116 cm³/mol. The van der Waals surface area contributed by atoms with Crippen LogP contribution in [0.1, 0.15) is 16.1 Å². The van der Waals surface area contributed by atoms with Crippen LogP contribution in [0.3, 0.4) is 0 Å². The van der Waals surface area contributed by atoms with Gasteiger partial charge < -0.3 is 23.7 Å². The number of morpholine rings is 1. The van der Waals surface area contributed by atoms with Gasteiger partial charge in [-0.2, -0.15) is 0 Å². The summed E-state index contributed by atoms with van der Waals surface area (Å²) in [5.41, 5.74) is 4.49. The first-order chi connectivity index (χ1) is 14.6. The smallest absolute Gasteiger partial charge is 0.255 e. The molecule has 3 aromatic rings. The molecule has 0 unspecified atom stereocenters. The minimum Gasteiger partial charge on any atom is -0.493 e. The van der Waals surface area contributed by atoms with E-state index in [1.807, 2.05) is 54.3 Å². The molecule has 0 aliphatic carbocycles. The first kappa shape index (κ1) is 20.0. The van der Waals surface area contributed by atoms with Crippen molar-refractivity contribution in [1.29, 1.82) is 0 Å². The number of rotatable bonds is 5. The fourth-order valence-electron chi connectivity index (χ4n) is 3.88. The van der Waals surface area contributed by atoms with E-state index in [0.717, 1.165) is 22.6 Å². The highest BCUT2D eigenvalue weighted by Crippen LogP contribution is 2.34. The third kappa shape index (κ3) is 3.66. The maximum atomic E-state index is 13.3. The van der Waals surface area contributed by atoms with Crippen molar-refractivity contribution < 1.29 is 19.0 Å². The van der Waals surface area contributed by atoms with Gasteiger partial charge in [-0.1, -0.05) is 30.3 Å². The normalized spacial score (nSPS) is 13.9. The van der Waals surface area contributed by atoms with Crippen LogP contribution in [0.2, 0.25) is 0 Å². The van der Waals surface area contributed by atoms with Crippen LogP contribution in [0.5, 0.6) is 11.5 Å². The van der Waals surface area contributed by atoms with Crippen LogP contribution < -0.4 is 9.47 Å². The summed E-state index contributed by atoms with van der Waals surface area (Å²) in [6.45, 7) is 4.36. The molecule has 6 heteroatoms. The zero-order valence-electron chi connectivity index (χ0n) is 17.6. The first-order valence-corrected chi connectivity index (χ1v) is 10.0. The lowest BCUT2D eigenvalue weighted by Crippen LogP contribution is -2.40. The standard InChI is InChI=1S/C24H26N2O4/c1-17-20(24(27)25-11-13-30-14-12-25)16-21(18-7-5-4-6-8-18)26(17)19-9-10-22(28-2)23(15-19)29-3/h4-10,15-16H,11-14H2,1-3H3. The Morgan fingerprint density at radius 3 is 2.30 bits per heavy atom. The molecule has 2 heterocycles. The second-order valence-electron chi connectivity index (χ2n) is 7.17. The lowest BCUT2D eigenvalue weighted by atomic mass is 10.1. The third-order valence-electron chi connectivity index (χ3n) is 5.47. The molecule has 1 aliphatic rings. The molecule has 4 rings (SSSR count). The Morgan fingerprint density at radius 2 is 1.63 bits per heavy atom. The number of hydrogen-bond acceptors (Lipinski definition) is 4. The van der Waals surface area contributed by atoms with E-state index in [9.17, 15) is 4.79 Å². The van der Waals surface area contributed by atoms with Crippen molar-refractivity contribution in [2.24, 2.45) is 0 Å². The summed E-state index contributed by atoms with van der Waals surface area (Å²) in [5, 5.41) is 0. The Hall–Kier alpha value is -3.25. The van der Waals surface area contributed by atoms with Gasteiger partial charge in [0.25, 0.3) is 5.91 Å². The van der Waals surface area contributed by atoms with E-state index in [1.165, 1.54) is 0 Å². The van der Waals surface area contributed by atoms with E-state index in [0.29, 0.717) is 43.4 Å². The fraction of sp³-hybridized carbons (Fsp3) is 0.292. The van der Waals surface area contributed by atoms with Crippen LogP contribution in [0.25, 0.3) is 16.9 Å². The van der Waals surface area contributed by atoms with Gasteiger partial charge in [0.2, 0.25) is 0 Å². The van der Waals surface area contributed by atoms with Crippen molar-refractivity contribution >= 4 is 5.91 Å². The van der Waals surface area contributed by atoms with Gasteiger partial charge in [0.15, 0.2) is 11.5 Å². The second-order valence-corrected chi connectivity index (χ2v) is 7.17. The molecule has 0 saturated carbocycles. The molecule has 0 bridgehead atoms. The SMILES string of the molecule is COc1ccc(-n2c(-c3ccccc3)cc(C(=O)N3CCOCC3)c2C)cc1OC. The van der Waals surface area contributed by atoms with Crippen LogP contribution in [-0.2, 0) is 4.74 Å². The van der Waals surface area contributed by atoms with Gasteiger partial charge in [0, 0.05) is 30.5 Å². The highest BCUT2D eigenvalue weighted by Gasteiger charge is 2.25. The topological polar surface area (TPSA) is 52.9 Å². The van der Waals surface area contributed by atoms with E-state index in [2.05, 4.69) is 16.7 Å². The van der Waals surface area contributed by atoms with E-state index in [1.54, 1.807) is 14.2 Å². The van der Waals surface area contributed by atoms with Gasteiger partial charge in [0.05, 0.1) is 38.7 Å². The van der Waals surface area contributed by atoms with E-state index in [4.69, 9.17) is 14.2 Å². The Bertz CT molecular complexity index is 1040. The van der Waals surface area contributed by atoms with Gasteiger partial charge in [-0.3, -0.25) is 4.79 Å². The third-order valence-corrected chi connectivity index (χ3v) is 5.47. The number of hydrogen-bond donors (Lipinski definition) is 0. The van der Waals surface area contributed by atoms with Gasteiger partial charge in [-0.05, 0) is 30.7 Å². The van der Waals surface area contributed by atoms with E-state index >= 15 is 0 Å². The largest absolute Gasteiger partial charge is 0.493 e.